The highest BCUT2D eigenvalue weighted by Gasteiger charge is 2.19. The largest absolute Gasteiger partial charge is 0.465 e. The molecule has 0 aliphatic carbocycles. The molecule has 0 aliphatic heterocycles. The SMILES string of the molecule is CCCOC(=O)CSCCCCC(C)(F)F. The van der Waals surface area contributed by atoms with Crippen LogP contribution in [0.15, 0.2) is 0 Å². The molecule has 0 rings (SSSR count). The van der Waals surface area contributed by atoms with Crippen LogP contribution in [0.3, 0.4) is 0 Å². The van der Waals surface area contributed by atoms with Crippen molar-refractivity contribution >= 4 is 17.7 Å². The molecule has 0 aromatic rings. The van der Waals surface area contributed by atoms with Gasteiger partial charge in [-0.2, -0.15) is 11.8 Å². The molecule has 0 fully saturated rings. The van der Waals surface area contributed by atoms with Crippen molar-refractivity contribution in [2.24, 2.45) is 0 Å². The van der Waals surface area contributed by atoms with Gasteiger partial charge >= 0.3 is 5.97 Å². The molecule has 0 aromatic heterocycles. The summed E-state index contributed by atoms with van der Waals surface area (Å²) in [6.45, 7) is 3.33. The number of hydrogen-bond acceptors (Lipinski definition) is 3. The van der Waals surface area contributed by atoms with E-state index >= 15 is 0 Å². The summed E-state index contributed by atoms with van der Waals surface area (Å²) < 4.78 is 29.7. The van der Waals surface area contributed by atoms with Gasteiger partial charge in [-0.05, 0) is 31.9 Å². The van der Waals surface area contributed by atoms with Crippen LogP contribution in [-0.4, -0.2) is 30.0 Å². The molecule has 0 heterocycles. The lowest BCUT2D eigenvalue weighted by atomic mass is 10.2. The van der Waals surface area contributed by atoms with E-state index in [2.05, 4.69) is 0 Å². The highest BCUT2D eigenvalue weighted by molar-refractivity contribution is 7.99. The number of unbranched alkanes of at least 4 members (excludes halogenated alkanes) is 1. The fourth-order valence-corrected chi connectivity index (χ4v) is 1.86. The summed E-state index contributed by atoms with van der Waals surface area (Å²) in [5.41, 5.74) is 0. The Kier molecular flexibility index (Phi) is 8.61. The molecule has 0 unspecified atom stereocenters. The van der Waals surface area contributed by atoms with Crippen LogP contribution in [0.5, 0.6) is 0 Å². The van der Waals surface area contributed by atoms with Crippen molar-refractivity contribution in [1.82, 2.24) is 0 Å². The summed E-state index contributed by atoms with van der Waals surface area (Å²) in [4.78, 5) is 11.0. The van der Waals surface area contributed by atoms with E-state index in [1.165, 1.54) is 11.8 Å². The molecular formula is C11H20F2O2S. The second kappa shape index (κ2) is 8.79. The molecule has 0 N–H and O–H groups in total. The maximum Gasteiger partial charge on any atom is 0.315 e. The standard InChI is InChI=1S/C11H20F2O2S/c1-3-7-15-10(14)9-16-8-5-4-6-11(2,12)13/h3-9H2,1-2H3. The first-order chi connectivity index (χ1) is 7.45. The van der Waals surface area contributed by atoms with Gasteiger partial charge in [-0.25, -0.2) is 8.78 Å². The maximum absolute atomic E-state index is 12.4. The van der Waals surface area contributed by atoms with Crippen molar-refractivity contribution in [2.75, 3.05) is 18.1 Å². The van der Waals surface area contributed by atoms with E-state index in [1.807, 2.05) is 6.92 Å². The van der Waals surface area contributed by atoms with E-state index in [-0.39, 0.29) is 12.4 Å². The van der Waals surface area contributed by atoms with Crippen LogP contribution in [0.2, 0.25) is 0 Å². The summed E-state index contributed by atoms with van der Waals surface area (Å²) in [6, 6.07) is 0. The third-order valence-corrected chi connectivity index (χ3v) is 2.86. The lowest BCUT2D eigenvalue weighted by Gasteiger charge is -2.08. The van der Waals surface area contributed by atoms with Gasteiger partial charge in [0.25, 0.3) is 0 Å². The van der Waals surface area contributed by atoms with Gasteiger partial charge in [0.1, 0.15) is 0 Å². The topological polar surface area (TPSA) is 26.3 Å². The van der Waals surface area contributed by atoms with Gasteiger partial charge in [0.15, 0.2) is 0 Å². The van der Waals surface area contributed by atoms with E-state index in [0.717, 1.165) is 25.5 Å². The molecule has 0 aromatic carbocycles. The molecular weight excluding hydrogens is 234 g/mol. The van der Waals surface area contributed by atoms with Gasteiger partial charge in [0.2, 0.25) is 5.92 Å². The van der Waals surface area contributed by atoms with Crippen molar-refractivity contribution in [3.05, 3.63) is 0 Å². The zero-order valence-corrected chi connectivity index (χ0v) is 10.7. The Labute approximate surface area is 100 Å². The Morgan fingerprint density at radius 3 is 2.62 bits per heavy atom. The number of alkyl halides is 2. The predicted octanol–water partition coefficient (Wildman–Crippen LogP) is 3.50. The number of carbonyl (C=O) groups excluding carboxylic acids is 1. The molecule has 0 atom stereocenters. The van der Waals surface area contributed by atoms with Gasteiger partial charge in [0.05, 0.1) is 12.4 Å². The maximum atomic E-state index is 12.4. The number of thioether (sulfide) groups is 1. The van der Waals surface area contributed by atoms with Crippen molar-refractivity contribution < 1.29 is 18.3 Å². The van der Waals surface area contributed by atoms with E-state index in [4.69, 9.17) is 4.74 Å². The van der Waals surface area contributed by atoms with Gasteiger partial charge in [-0.1, -0.05) is 6.92 Å². The molecule has 0 aliphatic rings. The monoisotopic (exact) mass is 254 g/mol. The number of rotatable bonds is 9. The van der Waals surface area contributed by atoms with Crippen molar-refractivity contribution in [3.8, 4) is 0 Å². The minimum absolute atomic E-state index is 0.0756. The van der Waals surface area contributed by atoms with Crippen molar-refractivity contribution in [1.29, 1.82) is 0 Å². The Morgan fingerprint density at radius 1 is 1.38 bits per heavy atom. The molecule has 0 bridgehead atoms. The van der Waals surface area contributed by atoms with Crippen molar-refractivity contribution in [3.63, 3.8) is 0 Å². The number of hydrogen-bond donors (Lipinski definition) is 0. The Hall–Kier alpha value is -0.320. The Bertz CT molecular complexity index is 193. The molecule has 16 heavy (non-hydrogen) atoms. The van der Waals surface area contributed by atoms with E-state index in [1.54, 1.807) is 0 Å². The first-order valence-electron chi connectivity index (χ1n) is 5.57. The van der Waals surface area contributed by atoms with Gasteiger partial charge in [-0.3, -0.25) is 4.79 Å². The number of ether oxygens (including phenoxy) is 1. The molecule has 0 saturated heterocycles. The van der Waals surface area contributed by atoms with Crippen LogP contribution in [0.25, 0.3) is 0 Å². The van der Waals surface area contributed by atoms with Crippen LogP contribution < -0.4 is 0 Å². The normalized spacial score (nSPS) is 11.5. The third-order valence-electron chi connectivity index (χ3n) is 1.84. The highest BCUT2D eigenvalue weighted by atomic mass is 32.2. The molecule has 0 spiro atoms. The first kappa shape index (κ1) is 15.7. The lowest BCUT2D eigenvalue weighted by Crippen LogP contribution is -2.10. The number of halogens is 2. The van der Waals surface area contributed by atoms with E-state index in [9.17, 15) is 13.6 Å². The van der Waals surface area contributed by atoms with Crippen LogP contribution >= 0.6 is 11.8 Å². The molecule has 0 amide bonds. The zero-order chi connectivity index (χ0) is 12.4. The summed E-state index contributed by atoms with van der Waals surface area (Å²) in [7, 11) is 0. The van der Waals surface area contributed by atoms with Crippen LogP contribution in [0, 0.1) is 0 Å². The van der Waals surface area contributed by atoms with Gasteiger partial charge < -0.3 is 4.74 Å². The number of esters is 1. The van der Waals surface area contributed by atoms with Crippen LogP contribution in [0.4, 0.5) is 8.78 Å². The Balaban J connectivity index is 3.24. The van der Waals surface area contributed by atoms with E-state index < -0.39 is 5.92 Å². The average Bonchev–Trinajstić information content (AvgIpc) is 2.18. The minimum Gasteiger partial charge on any atom is -0.465 e. The van der Waals surface area contributed by atoms with Crippen molar-refractivity contribution in [2.45, 2.75) is 45.5 Å². The second-order valence-electron chi connectivity index (χ2n) is 3.80. The molecule has 5 heteroatoms. The second-order valence-corrected chi connectivity index (χ2v) is 4.91. The fourth-order valence-electron chi connectivity index (χ4n) is 1.05. The lowest BCUT2D eigenvalue weighted by molar-refractivity contribution is -0.140. The molecule has 96 valence electrons. The molecule has 0 saturated carbocycles. The first-order valence-corrected chi connectivity index (χ1v) is 6.72. The van der Waals surface area contributed by atoms with Gasteiger partial charge in [-0.15, -0.1) is 0 Å². The fraction of sp³-hybridized carbons (Fsp3) is 0.909. The van der Waals surface area contributed by atoms with Crippen LogP contribution in [-0.2, 0) is 9.53 Å². The highest BCUT2D eigenvalue weighted by Crippen LogP contribution is 2.20. The third kappa shape index (κ3) is 11.8. The quantitative estimate of drug-likeness (QED) is 0.465. The zero-order valence-electron chi connectivity index (χ0n) is 9.93. The smallest absolute Gasteiger partial charge is 0.315 e. The summed E-state index contributed by atoms with van der Waals surface area (Å²) in [5.74, 6) is -1.72. The summed E-state index contributed by atoms with van der Waals surface area (Å²) in [6.07, 6.45) is 1.96. The van der Waals surface area contributed by atoms with E-state index in [0.29, 0.717) is 18.8 Å². The van der Waals surface area contributed by atoms with Gasteiger partial charge in [0, 0.05) is 6.42 Å². The summed E-state index contributed by atoms with van der Waals surface area (Å²) >= 11 is 1.44. The minimum atomic E-state index is -2.56. The molecule has 2 nitrogen and oxygen atoms in total. The molecule has 0 radical (unpaired) electrons. The Morgan fingerprint density at radius 2 is 2.06 bits per heavy atom. The summed E-state index contributed by atoms with van der Waals surface area (Å²) in [5, 5.41) is 0. The average molecular weight is 254 g/mol. The number of carbonyl (C=O) groups is 1. The van der Waals surface area contributed by atoms with Crippen LogP contribution in [0.1, 0.15) is 39.5 Å². The predicted molar refractivity (Wildman–Crippen MR) is 63.0 cm³/mol.